The number of anilines is 1. The first-order valence-electron chi connectivity index (χ1n) is 9.15. The van der Waals surface area contributed by atoms with Crippen LogP contribution in [0.3, 0.4) is 0 Å². The lowest BCUT2D eigenvalue weighted by atomic mass is 10.1. The van der Waals surface area contributed by atoms with Crippen molar-refractivity contribution in [3.05, 3.63) is 71.3 Å². The molecule has 0 bridgehead atoms. The third-order valence-corrected chi connectivity index (χ3v) is 4.28. The summed E-state index contributed by atoms with van der Waals surface area (Å²) >= 11 is 0. The van der Waals surface area contributed by atoms with Gasteiger partial charge in [0.15, 0.2) is 11.5 Å². The summed E-state index contributed by atoms with van der Waals surface area (Å²) in [5.41, 5.74) is 0.497. The molecule has 146 valence electrons. The monoisotopic (exact) mass is 389 g/mol. The topological polar surface area (TPSA) is 108 Å². The lowest BCUT2D eigenvalue weighted by Crippen LogP contribution is -2.29. The Morgan fingerprint density at radius 1 is 1.14 bits per heavy atom. The van der Waals surface area contributed by atoms with Gasteiger partial charge in [0.1, 0.15) is 12.7 Å². The quantitative estimate of drug-likeness (QED) is 0.561. The van der Waals surface area contributed by atoms with E-state index >= 15 is 0 Å². The van der Waals surface area contributed by atoms with Crippen LogP contribution in [-0.2, 0) is 6.54 Å². The average Bonchev–Trinajstić information content (AvgIpc) is 3.25. The molecule has 1 N–H and O–H groups in total. The molecule has 0 aliphatic carbocycles. The fourth-order valence-corrected chi connectivity index (χ4v) is 2.98. The fourth-order valence-electron chi connectivity index (χ4n) is 2.98. The van der Waals surface area contributed by atoms with Gasteiger partial charge >= 0.3 is 0 Å². The zero-order valence-corrected chi connectivity index (χ0v) is 16.0. The van der Waals surface area contributed by atoms with E-state index in [1.807, 2.05) is 13.8 Å². The maximum atomic E-state index is 12.9. The summed E-state index contributed by atoms with van der Waals surface area (Å²) in [6.45, 7) is 4.41. The second kappa shape index (κ2) is 7.63. The molecular weight excluding hydrogens is 370 g/mol. The van der Waals surface area contributed by atoms with Gasteiger partial charge in [0.25, 0.3) is 11.5 Å². The summed E-state index contributed by atoms with van der Waals surface area (Å²) in [4.78, 5) is 33.8. The molecule has 0 radical (unpaired) electrons. The predicted octanol–water partition coefficient (Wildman–Crippen LogP) is 2.28. The molecule has 0 aliphatic heterocycles. The van der Waals surface area contributed by atoms with Crippen LogP contribution in [-0.4, -0.2) is 35.4 Å². The Morgan fingerprint density at radius 3 is 2.59 bits per heavy atom. The Bertz CT molecular complexity index is 1210. The number of nitrogens with one attached hydrogen (secondary N) is 1. The molecule has 1 aromatic carbocycles. The van der Waals surface area contributed by atoms with Crippen molar-refractivity contribution in [3.8, 4) is 5.82 Å². The highest BCUT2D eigenvalue weighted by Crippen LogP contribution is 2.16. The zero-order chi connectivity index (χ0) is 20.4. The normalized spacial score (nSPS) is 11.1. The van der Waals surface area contributed by atoms with Gasteiger partial charge in [-0.15, -0.1) is 0 Å². The number of rotatable bonds is 5. The van der Waals surface area contributed by atoms with E-state index in [4.69, 9.17) is 0 Å². The van der Waals surface area contributed by atoms with E-state index in [1.165, 1.54) is 28.2 Å². The number of carbonyl (C=O) groups excluding carboxylic acids is 1. The van der Waals surface area contributed by atoms with Gasteiger partial charge in [-0.3, -0.25) is 9.59 Å². The van der Waals surface area contributed by atoms with Gasteiger partial charge in [0.2, 0.25) is 0 Å². The minimum Gasteiger partial charge on any atom is -0.319 e. The molecule has 0 spiro atoms. The Labute approximate surface area is 166 Å². The van der Waals surface area contributed by atoms with Crippen molar-refractivity contribution in [1.29, 1.82) is 0 Å². The van der Waals surface area contributed by atoms with Crippen LogP contribution in [0.15, 0.2) is 60.0 Å². The van der Waals surface area contributed by atoms with Gasteiger partial charge in [0, 0.05) is 11.9 Å². The standard InChI is InChI=1S/C20H19N7O2/c1-13(2)10-26-20(29)16-6-4-3-5-15(16)18(25-26)19(28)24-14-7-8-17(22-9-14)27-12-21-11-23-27/h3-9,11-13H,10H2,1-2H3,(H,24,28). The summed E-state index contributed by atoms with van der Waals surface area (Å²) < 4.78 is 2.87. The molecule has 3 aromatic heterocycles. The third-order valence-electron chi connectivity index (χ3n) is 4.28. The fraction of sp³-hybridized carbons (Fsp3) is 0.200. The van der Waals surface area contributed by atoms with E-state index in [2.05, 4.69) is 25.5 Å². The van der Waals surface area contributed by atoms with Crippen molar-refractivity contribution in [3.63, 3.8) is 0 Å². The highest BCUT2D eigenvalue weighted by molar-refractivity contribution is 6.11. The van der Waals surface area contributed by atoms with Gasteiger partial charge in [0.05, 0.1) is 17.3 Å². The average molecular weight is 389 g/mol. The zero-order valence-electron chi connectivity index (χ0n) is 16.0. The Balaban J connectivity index is 1.67. The van der Waals surface area contributed by atoms with Crippen molar-refractivity contribution in [2.24, 2.45) is 5.92 Å². The van der Waals surface area contributed by atoms with Crippen LogP contribution in [0.4, 0.5) is 5.69 Å². The molecule has 9 nitrogen and oxygen atoms in total. The molecule has 1 amide bonds. The summed E-state index contributed by atoms with van der Waals surface area (Å²) in [5, 5.41) is 12.1. The van der Waals surface area contributed by atoms with Crippen LogP contribution < -0.4 is 10.9 Å². The van der Waals surface area contributed by atoms with Crippen LogP contribution in [0.2, 0.25) is 0 Å². The number of fused-ring (bicyclic) bond motifs is 1. The lowest BCUT2D eigenvalue weighted by Gasteiger charge is -2.12. The largest absolute Gasteiger partial charge is 0.319 e. The van der Waals surface area contributed by atoms with E-state index in [9.17, 15) is 9.59 Å². The van der Waals surface area contributed by atoms with E-state index < -0.39 is 5.91 Å². The first-order valence-corrected chi connectivity index (χ1v) is 9.15. The predicted molar refractivity (Wildman–Crippen MR) is 108 cm³/mol. The molecule has 0 unspecified atom stereocenters. The molecule has 0 saturated carbocycles. The van der Waals surface area contributed by atoms with Gasteiger partial charge < -0.3 is 5.32 Å². The molecule has 4 rings (SSSR count). The minimum absolute atomic E-state index is 0.196. The van der Waals surface area contributed by atoms with E-state index in [0.717, 1.165) is 0 Å². The Morgan fingerprint density at radius 2 is 1.93 bits per heavy atom. The van der Waals surface area contributed by atoms with Crippen LogP contribution in [0.1, 0.15) is 24.3 Å². The number of aromatic nitrogens is 6. The summed E-state index contributed by atoms with van der Waals surface area (Å²) in [6, 6.07) is 10.4. The summed E-state index contributed by atoms with van der Waals surface area (Å²) in [6.07, 6.45) is 4.48. The lowest BCUT2D eigenvalue weighted by molar-refractivity contribution is 0.102. The van der Waals surface area contributed by atoms with Crippen LogP contribution in [0, 0.1) is 5.92 Å². The third kappa shape index (κ3) is 3.75. The van der Waals surface area contributed by atoms with Crippen molar-refractivity contribution in [2.75, 3.05) is 5.32 Å². The van der Waals surface area contributed by atoms with E-state index in [0.29, 0.717) is 28.8 Å². The molecule has 4 aromatic rings. The van der Waals surface area contributed by atoms with Gasteiger partial charge in [-0.1, -0.05) is 32.0 Å². The SMILES string of the molecule is CC(C)Cn1nc(C(=O)Nc2ccc(-n3cncn3)nc2)c2ccccc2c1=O. The molecule has 0 fully saturated rings. The first-order chi connectivity index (χ1) is 14.0. The number of hydrogen-bond donors (Lipinski definition) is 1. The Kier molecular flexibility index (Phi) is 4.86. The second-order valence-corrected chi connectivity index (χ2v) is 6.97. The van der Waals surface area contributed by atoms with Gasteiger partial charge in [-0.2, -0.15) is 10.2 Å². The number of amides is 1. The summed E-state index contributed by atoms with van der Waals surface area (Å²) in [5.74, 6) is 0.384. The Hall–Kier alpha value is -3.88. The first kappa shape index (κ1) is 18.5. The van der Waals surface area contributed by atoms with Crippen molar-refractivity contribution < 1.29 is 4.79 Å². The van der Waals surface area contributed by atoms with Gasteiger partial charge in [-0.25, -0.2) is 19.3 Å². The molecule has 0 saturated heterocycles. The van der Waals surface area contributed by atoms with Crippen LogP contribution in [0.25, 0.3) is 16.6 Å². The second-order valence-electron chi connectivity index (χ2n) is 6.97. The minimum atomic E-state index is -0.408. The smallest absolute Gasteiger partial charge is 0.276 e. The molecule has 29 heavy (non-hydrogen) atoms. The van der Waals surface area contributed by atoms with E-state index in [1.54, 1.807) is 36.4 Å². The maximum Gasteiger partial charge on any atom is 0.276 e. The highest BCUT2D eigenvalue weighted by atomic mass is 16.2. The molecule has 3 heterocycles. The van der Waals surface area contributed by atoms with E-state index in [-0.39, 0.29) is 17.2 Å². The van der Waals surface area contributed by atoms with Crippen LogP contribution >= 0.6 is 0 Å². The highest BCUT2D eigenvalue weighted by Gasteiger charge is 2.17. The number of benzene rings is 1. The molecule has 0 atom stereocenters. The molecule has 9 heteroatoms. The van der Waals surface area contributed by atoms with Crippen molar-refractivity contribution in [1.82, 2.24) is 29.5 Å². The molecule has 0 aliphatic rings. The summed E-state index contributed by atoms with van der Waals surface area (Å²) in [7, 11) is 0. The maximum absolute atomic E-state index is 12.9. The number of pyridine rings is 1. The van der Waals surface area contributed by atoms with Crippen molar-refractivity contribution >= 4 is 22.4 Å². The number of nitrogens with zero attached hydrogens (tertiary/aromatic N) is 6. The van der Waals surface area contributed by atoms with Crippen LogP contribution in [0.5, 0.6) is 0 Å². The van der Waals surface area contributed by atoms with Crippen molar-refractivity contribution in [2.45, 2.75) is 20.4 Å². The van der Waals surface area contributed by atoms with Gasteiger partial charge in [-0.05, 0) is 24.1 Å². The number of hydrogen-bond acceptors (Lipinski definition) is 6. The molecular formula is C20H19N7O2. The number of carbonyl (C=O) groups is 1.